The molecular weight excluding hydrogens is 396 g/mol. The quantitative estimate of drug-likeness (QED) is 0.707. The number of rotatable bonds is 4. The second-order valence-electron chi connectivity index (χ2n) is 5.64. The normalized spacial score (nSPS) is 12.2. The highest BCUT2D eigenvalue weighted by molar-refractivity contribution is 7.91. The van der Waals surface area contributed by atoms with Crippen LogP contribution in [0.4, 0.5) is 5.13 Å². The number of sulfone groups is 2. The van der Waals surface area contributed by atoms with Gasteiger partial charge in [-0.05, 0) is 30.3 Å². The minimum absolute atomic E-state index is 0.0195. The number of thiazole rings is 1. The number of hydrogen-bond acceptors (Lipinski definition) is 7. The lowest BCUT2D eigenvalue weighted by atomic mass is 10.2. The average Bonchev–Trinajstić information content (AvgIpc) is 2.94. The first-order chi connectivity index (χ1) is 12.1. The Morgan fingerprint density at radius 2 is 1.69 bits per heavy atom. The molecule has 0 radical (unpaired) electrons. The maximum Gasteiger partial charge on any atom is 0.258 e. The Kier molecular flexibility index (Phi) is 4.59. The van der Waals surface area contributed by atoms with Crippen molar-refractivity contribution < 1.29 is 21.6 Å². The van der Waals surface area contributed by atoms with E-state index in [0.29, 0.717) is 10.2 Å². The van der Waals surface area contributed by atoms with E-state index >= 15 is 0 Å². The summed E-state index contributed by atoms with van der Waals surface area (Å²) in [5.41, 5.74) is 0.556. The molecule has 1 N–H and O–H groups in total. The maximum absolute atomic E-state index is 12.5. The summed E-state index contributed by atoms with van der Waals surface area (Å²) in [4.78, 5) is 16.8. The maximum atomic E-state index is 12.5. The van der Waals surface area contributed by atoms with Crippen molar-refractivity contribution in [1.29, 1.82) is 0 Å². The minimum atomic E-state index is -3.56. The molecule has 0 fully saturated rings. The molecule has 1 amide bonds. The van der Waals surface area contributed by atoms with Crippen LogP contribution in [-0.4, -0.2) is 40.2 Å². The number of amides is 1. The first-order valence-electron chi connectivity index (χ1n) is 7.27. The van der Waals surface area contributed by atoms with Crippen molar-refractivity contribution >= 4 is 52.3 Å². The Bertz CT molecular complexity index is 1230. The van der Waals surface area contributed by atoms with Gasteiger partial charge in [-0.2, -0.15) is 0 Å². The van der Waals surface area contributed by atoms with Crippen LogP contribution in [0.15, 0.2) is 52.3 Å². The monoisotopic (exact) mass is 410 g/mol. The van der Waals surface area contributed by atoms with Gasteiger partial charge in [0.2, 0.25) is 0 Å². The molecule has 0 aliphatic heterocycles. The molecule has 7 nitrogen and oxygen atoms in total. The van der Waals surface area contributed by atoms with E-state index < -0.39 is 25.6 Å². The van der Waals surface area contributed by atoms with E-state index in [1.807, 2.05) is 0 Å². The molecule has 0 spiro atoms. The molecule has 2 aromatic carbocycles. The molecule has 10 heteroatoms. The summed E-state index contributed by atoms with van der Waals surface area (Å²) in [5, 5.41) is 2.82. The molecule has 1 heterocycles. The fourth-order valence-electron chi connectivity index (χ4n) is 2.33. The second-order valence-corrected chi connectivity index (χ2v) is 10.7. The third-order valence-electron chi connectivity index (χ3n) is 3.54. The van der Waals surface area contributed by atoms with Gasteiger partial charge in [0.05, 0.1) is 25.6 Å². The zero-order valence-corrected chi connectivity index (χ0v) is 16.2. The minimum Gasteiger partial charge on any atom is -0.298 e. The van der Waals surface area contributed by atoms with Crippen LogP contribution in [0.3, 0.4) is 0 Å². The molecule has 0 aliphatic rings. The average molecular weight is 410 g/mol. The van der Waals surface area contributed by atoms with E-state index in [1.165, 1.54) is 30.3 Å². The van der Waals surface area contributed by atoms with Gasteiger partial charge in [0.1, 0.15) is 0 Å². The van der Waals surface area contributed by atoms with Crippen molar-refractivity contribution in [3.05, 3.63) is 48.0 Å². The van der Waals surface area contributed by atoms with E-state index in [9.17, 15) is 21.6 Å². The van der Waals surface area contributed by atoms with Crippen molar-refractivity contribution in [1.82, 2.24) is 4.98 Å². The molecule has 0 saturated carbocycles. The molecule has 26 heavy (non-hydrogen) atoms. The Balaban J connectivity index is 1.96. The van der Waals surface area contributed by atoms with Crippen molar-refractivity contribution in [2.45, 2.75) is 9.79 Å². The van der Waals surface area contributed by atoms with Crippen LogP contribution in [0, 0.1) is 0 Å². The second kappa shape index (κ2) is 6.45. The molecule has 3 aromatic rings. The number of carbonyl (C=O) groups is 1. The molecule has 3 rings (SSSR count). The fraction of sp³-hybridized carbons (Fsp3) is 0.125. The number of anilines is 1. The summed E-state index contributed by atoms with van der Waals surface area (Å²) in [6, 6.07) is 10.4. The van der Waals surface area contributed by atoms with Crippen LogP contribution in [0.25, 0.3) is 10.2 Å². The van der Waals surface area contributed by atoms with Crippen LogP contribution in [-0.2, 0) is 19.7 Å². The van der Waals surface area contributed by atoms with Gasteiger partial charge in [0, 0.05) is 12.5 Å². The molecule has 0 saturated heterocycles. The lowest BCUT2D eigenvalue weighted by Gasteiger charge is -2.06. The zero-order valence-electron chi connectivity index (χ0n) is 13.8. The number of nitrogens with one attached hydrogen (secondary N) is 1. The SMILES string of the molecule is CS(=O)(=O)c1ccc2nc(NC(=O)c3ccccc3S(C)(=O)=O)sc2c1. The summed E-state index contributed by atoms with van der Waals surface area (Å²) in [6.07, 6.45) is 2.14. The molecule has 1 aromatic heterocycles. The molecule has 0 atom stereocenters. The molecular formula is C16H14N2O5S3. The molecule has 0 aliphatic carbocycles. The standard InChI is InChI=1S/C16H14N2O5S3/c1-25(20,21)10-7-8-12-13(9-10)24-16(17-12)18-15(19)11-5-3-4-6-14(11)26(2,22)23/h3-9H,1-2H3,(H,17,18,19). The van der Waals surface area contributed by atoms with Gasteiger partial charge in [-0.15, -0.1) is 0 Å². The predicted molar refractivity (Wildman–Crippen MR) is 100 cm³/mol. The Labute approximate surface area is 154 Å². The first-order valence-corrected chi connectivity index (χ1v) is 11.9. The first kappa shape index (κ1) is 18.5. The Morgan fingerprint density at radius 1 is 1.00 bits per heavy atom. The number of fused-ring (bicyclic) bond motifs is 1. The Hall–Kier alpha value is -2.30. The van der Waals surface area contributed by atoms with Crippen LogP contribution in [0.2, 0.25) is 0 Å². The van der Waals surface area contributed by atoms with Gasteiger partial charge in [-0.3, -0.25) is 10.1 Å². The lowest BCUT2D eigenvalue weighted by Crippen LogP contribution is -2.15. The largest absolute Gasteiger partial charge is 0.298 e. The lowest BCUT2D eigenvalue weighted by molar-refractivity contribution is 0.102. The van der Waals surface area contributed by atoms with Crippen molar-refractivity contribution in [3.63, 3.8) is 0 Å². The van der Waals surface area contributed by atoms with Gasteiger partial charge in [-0.25, -0.2) is 21.8 Å². The summed E-state index contributed by atoms with van der Waals surface area (Å²) in [5.74, 6) is -0.603. The van der Waals surface area contributed by atoms with Crippen molar-refractivity contribution in [2.24, 2.45) is 0 Å². The number of hydrogen-bond donors (Lipinski definition) is 1. The van der Waals surface area contributed by atoms with E-state index in [2.05, 4.69) is 10.3 Å². The third-order valence-corrected chi connectivity index (χ3v) is 6.74. The fourth-order valence-corrected chi connectivity index (χ4v) is 4.84. The molecule has 0 unspecified atom stereocenters. The predicted octanol–water partition coefficient (Wildman–Crippen LogP) is 2.36. The van der Waals surface area contributed by atoms with E-state index in [0.717, 1.165) is 23.8 Å². The number of benzene rings is 2. The summed E-state index contributed by atoms with van der Waals surface area (Å²) in [7, 11) is -6.91. The topological polar surface area (TPSA) is 110 Å². The van der Waals surface area contributed by atoms with Crippen molar-refractivity contribution in [2.75, 3.05) is 17.8 Å². The van der Waals surface area contributed by atoms with Gasteiger partial charge in [0.25, 0.3) is 5.91 Å². The number of aromatic nitrogens is 1. The van der Waals surface area contributed by atoms with Crippen LogP contribution >= 0.6 is 11.3 Å². The summed E-state index contributed by atoms with van der Waals surface area (Å²) in [6.45, 7) is 0. The van der Waals surface area contributed by atoms with Gasteiger partial charge in [0.15, 0.2) is 24.8 Å². The van der Waals surface area contributed by atoms with E-state index in [4.69, 9.17) is 0 Å². The molecule has 0 bridgehead atoms. The molecule has 136 valence electrons. The smallest absolute Gasteiger partial charge is 0.258 e. The van der Waals surface area contributed by atoms with E-state index in [-0.39, 0.29) is 20.5 Å². The van der Waals surface area contributed by atoms with Crippen LogP contribution in [0.1, 0.15) is 10.4 Å². The number of nitrogens with zero attached hydrogens (tertiary/aromatic N) is 1. The van der Waals surface area contributed by atoms with Gasteiger partial charge < -0.3 is 0 Å². The zero-order chi connectivity index (χ0) is 19.1. The third kappa shape index (κ3) is 3.76. The summed E-state index contributed by atoms with van der Waals surface area (Å²) < 4.78 is 47.5. The van der Waals surface area contributed by atoms with Crippen LogP contribution < -0.4 is 5.32 Å². The highest BCUT2D eigenvalue weighted by atomic mass is 32.2. The van der Waals surface area contributed by atoms with E-state index in [1.54, 1.807) is 12.1 Å². The van der Waals surface area contributed by atoms with Gasteiger partial charge >= 0.3 is 0 Å². The van der Waals surface area contributed by atoms with Gasteiger partial charge in [-0.1, -0.05) is 23.5 Å². The number of carbonyl (C=O) groups excluding carboxylic acids is 1. The van der Waals surface area contributed by atoms with Crippen LogP contribution in [0.5, 0.6) is 0 Å². The highest BCUT2D eigenvalue weighted by Crippen LogP contribution is 2.29. The highest BCUT2D eigenvalue weighted by Gasteiger charge is 2.19. The summed E-state index contributed by atoms with van der Waals surface area (Å²) >= 11 is 1.11. The Morgan fingerprint density at radius 3 is 2.35 bits per heavy atom. The van der Waals surface area contributed by atoms with Crippen molar-refractivity contribution in [3.8, 4) is 0 Å².